The molecule has 1 aliphatic heterocycles. The molecule has 3 fully saturated rings. The maximum Gasteiger partial charge on any atom is 0.260 e. The molecule has 134 valence electrons. The topological polar surface area (TPSA) is 54.5 Å². The van der Waals surface area contributed by atoms with Crippen molar-refractivity contribution in [1.82, 2.24) is 4.31 Å². The highest BCUT2D eigenvalue weighted by molar-refractivity contribution is 7.90. The van der Waals surface area contributed by atoms with E-state index in [1.807, 2.05) is 0 Å². The molecule has 2 saturated carbocycles. The van der Waals surface area contributed by atoms with Crippen LogP contribution in [-0.2, 0) is 14.8 Å². The van der Waals surface area contributed by atoms with Gasteiger partial charge in [0.1, 0.15) is 5.82 Å². The van der Waals surface area contributed by atoms with Crippen LogP contribution >= 0.6 is 0 Å². The van der Waals surface area contributed by atoms with Gasteiger partial charge in [0.25, 0.3) is 5.91 Å². The van der Waals surface area contributed by atoms with E-state index in [0.717, 1.165) is 23.6 Å². The van der Waals surface area contributed by atoms with Crippen molar-refractivity contribution < 1.29 is 17.6 Å². The van der Waals surface area contributed by atoms with Crippen LogP contribution in [0.15, 0.2) is 30.3 Å². The summed E-state index contributed by atoms with van der Waals surface area (Å²) in [5.74, 6) is -0.291. The largest absolute Gasteiger partial charge is 0.269 e. The van der Waals surface area contributed by atoms with Gasteiger partial charge in [-0.05, 0) is 54.4 Å². The predicted octanol–water partition coefficient (Wildman–Crippen LogP) is 3.21. The van der Waals surface area contributed by atoms with Gasteiger partial charge in [0, 0.05) is 11.5 Å². The number of hydrogen-bond donors (Lipinski definition) is 0. The fraction of sp³-hybridized carbons (Fsp3) is 0.526. The summed E-state index contributed by atoms with van der Waals surface area (Å²) in [6.07, 6.45) is 5.53. The number of sulfonamides is 1. The average Bonchev–Trinajstić information content (AvgIpc) is 3.01. The number of fused-ring (bicyclic) bond motifs is 1. The molecule has 1 spiro atoms. The van der Waals surface area contributed by atoms with E-state index in [0.29, 0.717) is 11.5 Å². The summed E-state index contributed by atoms with van der Waals surface area (Å²) in [5, 5.41) is 0. The first-order chi connectivity index (χ1) is 11.7. The maximum absolute atomic E-state index is 13.0. The summed E-state index contributed by atoms with van der Waals surface area (Å²) in [5.41, 5.74) is 0.297. The van der Waals surface area contributed by atoms with Gasteiger partial charge in [0.05, 0.1) is 11.8 Å². The van der Waals surface area contributed by atoms with Crippen LogP contribution in [0.4, 0.5) is 4.39 Å². The lowest BCUT2D eigenvalue weighted by atomic mass is 9.69. The van der Waals surface area contributed by atoms with Crippen LogP contribution < -0.4 is 0 Å². The molecule has 1 saturated heterocycles. The summed E-state index contributed by atoms with van der Waals surface area (Å²) in [6, 6.07) is 5.50. The van der Waals surface area contributed by atoms with Crippen LogP contribution in [-0.4, -0.2) is 30.4 Å². The van der Waals surface area contributed by atoms with Gasteiger partial charge in [0.15, 0.2) is 0 Å². The first-order valence-corrected chi connectivity index (χ1v) is 10.3. The van der Waals surface area contributed by atoms with E-state index >= 15 is 0 Å². The van der Waals surface area contributed by atoms with Crippen LogP contribution in [0, 0.1) is 22.6 Å². The van der Waals surface area contributed by atoms with Crippen LogP contribution in [0.5, 0.6) is 0 Å². The third-order valence-corrected chi connectivity index (χ3v) is 8.83. The third kappa shape index (κ3) is 2.23. The number of nitrogens with zero attached hydrogens (tertiary/aromatic N) is 1. The van der Waals surface area contributed by atoms with Crippen molar-refractivity contribution in [3.05, 3.63) is 41.7 Å². The zero-order valence-corrected chi connectivity index (χ0v) is 15.2. The Morgan fingerprint density at radius 2 is 1.96 bits per heavy atom. The molecule has 3 atom stereocenters. The second-order valence-electron chi connectivity index (χ2n) is 8.14. The van der Waals surface area contributed by atoms with Gasteiger partial charge in [-0.1, -0.05) is 26.0 Å². The van der Waals surface area contributed by atoms with Crippen molar-refractivity contribution in [3.8, 4) is 0 Å². The molecule has 25 heavy (non-hydrogen) atoms. The minimum atomic E-state index is -3.60. The molecule has 1 aromatic rings. The summed E-state index contributed by atoms with van der Waals surface area (Å²) in [4.78, 5) is 12.7. The average molecular weight is 363 g/mol. The Balaban J connectivity index is 1.64. The number of hydrogen-bond acceptors (Lipinski definition) is 3. The van der Waals surface area contributed by atoms with Crippen molar-refractivity contribution in [1.29, 1.82) is 0 Å². The predicted molar refractivity (Wildman–Crippen MR) is 93.4 cm³/mol. The van der Waals surface area contributed by atoms with Crippen LogP contribution in [0.3, 0.4) is 0 Å². The third-order valence-electron chi connectivity index (χ3n) is 6.92. The smallest absolute Gasteiger partial charge is 0.260 e. The van der Waals surface area contributed by atoms with Crippen molar-refractivity contribution in [2.45, 2.75) is 39.2 Å². The molecular weight excluding hydrogens is 341 g/mol. The Labute approximate surface area is 147 Å². The molecule has 1 heterocycles. The molecule has 2 aliphatic carbocycles. The van der Waals surface area contributed by atoms with Crippen LogP contribution in [0.25, 0.3) is 6.08 Å². The molecule has 1 aromatic carbocycles. The normalized spacial score (nSPS) is 34.6. The van der Waals surface area contributed by atoms with Crippen molar-refractivity contribution in [2.75, 3.05) is 5.75 Å². The highest BCUT2D eigenvalue weighted by Gasteiger charge is 2.72. The van der Waals surface area contributed by atoms with Crippen molar-refractivity contribution in [2.24, 2.45) is 16.7 Å². The van der Waals surface area contributed by atoms with Gasteiger partial charge in [0.2, 0.25) is 10.0 Å². The summed E-state index contributed by atoms with van der Waals surface area (Å²) in [6.45, 7) is 4.31. The second kappa shape index (κ2) is 5.16. The number of halogens is 1. The van der Waals surface area contributed by atoms with Gasteiger partial charge < -0.3 is 0 Å². The quantitative estimate of drug-likeness (QED) is 0.758. The lowest BCUT2D eigenvalue weighted by molar-refractivity contribution is -0.123. The molecule has 4 nitrogen and oxygen atoms in total. The fourth-order valence-corrected chi connectivity index (χ4v) is 7.90. The molecule has 6 heteroatoms. The molecule has 0 radical (unpaired) electrons. The highest BCUT2D eigenvalue weighted by atomic mass is 32.2. The van der Waals surface area contributed by atoms with E-state index < -0.39 is 15.9 Å². The number of carbonyl (C=O) groups is 1. The number of benzene rings is 1. The van der Waals surface area contributed by atoms with Crippen molar-refractivity contribution >= 4 is 22.0 Å². The monoisotopic (exact) mass is 363 g/mol. The summed E-state index contributed by atoms with van der Waals surface area (Å²) < 4.78 is 39.6. The summed E-state index contributed by atoms with van der Waals surface area (Å²) >= 11 is 0. The van der Waals surface area contributed by atoms with E-state index in [2.05, 4.69) is 13.8 Å². The van der Waals surface area contributed by atoms with Gasteiger partial charge >= 0.3 is 0 Å². The SMILES string of the molecule is CC1(C)[C@H]2CC[C@]13CS(=O)(=O)N(C(=O)C=Cc1ccc(F)cc1)[C@H]3C2. The van der Waals surface area contributed by atoms with Gasteiger partial charge in [-0.2, -0.15) is 0 Å². The van der Waals surface area contributed by atoms with Crippen LogP contribution in [0.2, 0.25) is 0 Å². The Morgan fingerprint density at radius 1 is 1.28 bits per heavy atom. The van der Waals surface area contributed by atoms with Crippen LogP contribution in [0.1, 0.15) is 38.7 Å². The van der Waals surface area contributed by atoms with Gasteiger partial charge in [-0.25, -0.2) is 17.1 Å². The molecule has 4 rings (SSSR count). The fourth-order valence-electron chi connectivity index (χ4n) is 5.39. The van der Waals surface area contributed by atoms with E-state index in [9.17, 15) is 17.6 Å². The minimum absolute atomic E-state index is 0.0551. The van der Waals surface area contributed by atoms with E-state index in [1.165, 1.54) is 18.2 Å². The lowest BCUT2D eigenvalue weighted by Gasteiger charge is -2.36. The molecule has 2 bridgehead atoms. The number of carbonyl (C=O) groups excluding carboxylic acids is 1. The molecule has 1 amide bonds. The van der Waals surface area contributed by atoms with E-state index in [4.69, 9.17) is 0 Å². The van der Waals surface area contributed by atoms with E-state index in [-0.39, 0.29) is 28.4 Å². The molecule has 0 unspecified atom stereocenters. The van der Waals surface area contributed by atoms with E-state index in [1.54, 1.807) is 18.2 Å². The molecule has 3 aliphatic rings. The first kappa shape index (κ1) is 16.8. The molecular formula is C19H22FNO3S. The zero-order chi connectivity index (χ0) is 18.0. The Hall–Kier alpha value is -1.69. The van der Waals surface area contributed by atoms with Gasteiger partial charge in [-0.3, -0.25) is 4.79 Å². The lowest BCUT2D eigenvalue weighted by Crippen LogP contribution is -2.43. The Morgan fingerprint density at radius 3 is 2.60 bits per heavy atom. The second-order valence-corrected chi connectivity index (χ2v) is 9.99. The zero-order valence-electron chi connectivity index (χ0n) is 14.4. The highest BCUT2D eigenvalue weighted by Crippen LogP contribution is 2.69. The standard InChI is InChI=1S/C19H22FNO3S/c1-18(2)14-9-10-19(18)12-25(23,24)21(16(19)11-14)17(22)8-5-13-3-6-15(20)7-4-13/h3-8,14,16H,9-12H2,1-2H3/t14-,16-,19+/m0/s1. The maximum atomic E-state index is 13.0. The number of amides is 1. The molecule has 0 aromatic heterocycles. The van der Waals surface area contributed by atoms with Gasteiger partial charge in [-0.15, -0.1) is 0 Å². The molecule has 0 N–H and O–H groups in total. The Kier molecular flexibility index (Phi) is 3.46. The summed E-state index contributed by atoms with van der Waals surface area (Å²) in [7, 11) is -3.60. The van der Waals surface area contributed by atoms with Crippen molar-refractivity contribution in [3.63, 3.8) is 0 Å². The first-order valence-electron chi connectivity index (χ1n) is 8.67. The minimum Gasteiger partial charge on any atom is -0.269 e. The number of rotatable bonds is 2. The Bertz CT molecular complexity index is 859.